The molecule has 0 aromatic heterocycles. The molecular formula is H2AlLiMoO. The monoisotopic (exact) mass is 150 g/mol. The first-order valence-electron chi connectivity index (χ1n) is 0.289. The number of rotatable bonds is 0. The standard InChI is InChI=1S/Al.Li.Mo.O.2H/q;+1;;;;-1. The molecule has 0 aromatic carbocycles. The Balaban J connectivity index is -0.00000000167. The third-order valence-corrected chi connectivity index (χ3v) is 0. The summed E-state index contributed by atoms with van der Waals surface area (Å²) in [6.07, 6.45) is 0. The average Bonchev–Trinajstić information content (AvgIpc) is 1.00. The van der Waals surface area contributed by atoms with Gasteiger partial charge < -0.3 is 1.43 Å². The molecule has 0 saturated heterocycles. The van der Waals surface area contributed by atoms with E-state index in [0.717, 1.165) is 0 Å². The summed E-state index contributed by atoms with van der Waals surface area (Å²) in [5.41, 5.74) is 0. The molecule has 1 nitrogen and oxygen atoms in total. The summed E-state index contributed by atoms with van der Waals surface area (Å²) in [5.74, 6) is 0. The quantitative estimate of drug-likeness (QED) is 0.323. The number of hydrogen-bond acceptors (Lipinski definition) is 1. The molecule has 4 heavy (non-hydrogen) atoms. The van der Waals surface area contributed by atoms with Gasteiger partial charge in [-0.1, -0.05) is 0 Å². The first kappa shape index (κ1) is 17.5. The fourth-order valence-corrected chi connectivity index (χ4v) is 0. The maximum atomic E-state index is 8.28. The van der Waals surface area contributed by atoms with E-state index >= 15 is 0 Å². The van der Waals surface area contributed by atoms with Crippen molar-refractivity contribution in [3.63, 3.8) is 0 Å². The van der Waals surface area contributed by atoms with Crippen molar-refractivity contribution in [2.24, 2.45) is 0 Å². The van der Waals surface area contributed by atoms with Crippen LogP contribution in [0.15, 0.2) is 0 Å². The molecule has 0 atom stereocenters. The third-order valence-electron chi connectivity index (χ3n) is 0. The predicted molar refractivity (Wildman–Crippen MR) is 8.95 cm³/mol. The minimum absolute atomic E-state index is 0. The van der Waals surface area contributed by atoms with Gasteiger partial charge in [-0.3, -0.25) is 0 Å². The van der Waals surface area contributed by atoms with E-state index in [1.807, 2.05) is 0 Å². The first-order valence-corrected chi connectivity index (χ1v) is 0.866. The summed E-state index contributed by atoms with van der Waals surface area (Å²) in [4.78, 5) is 0. The van der Waals surface area contributed by atoms with E-state index < -0.39 is 0 Å². The van der Waals surface area contributed by atoms with Crippen LogP contribution in [0.25, 0.3) is 0 Å². The molecule has 0 N–H and O–H groups in total. The molecule has 18 valence electrons. The van der Waals surface area contributed by atoms with E-state index in [1.54, 1.807) is 0 Å². The molecule has 0 amide bonds. The Morgan fingerprint density at radius 1 is 1.50 bits per heavy atom. The second-order valence-electron chi connectivity index (χ2n) is 0. The van der Waals surface area contributed by atoms with Gasteiger partial charge in [-0.25, -0.2) is 0 Å². The van der Waals surface area contributed by atoms with Crippen LogP contribution in [-0.4, -0.2) is 16.2 Å². The molecule has 0 spiro atoms. The molecule has 0 aromatic rings. The van der Waals surface area contributed by atoms with E-state index in [9.17, 15) is 0 Å². The van der Waals surface area contributed by atoms with Crippen molar-refractivity contribution in [1.82, 2.24) is 0 Å². The Bertz CT molecular complexity index is 11.6. The zero-order valence-corrected chi connectivity index (χ0v) is 5.94. The topological polar surface area (TPSA) is 17.1 Å². The minimum atomic E-state index is 0. The molecule has 0 saturated carbocycles. The van der Waals surface area contributed by atoms with Gasteiger partial charge in [-0.15, -0.1) is 0 Å². The van der Waals surface area contributed by atoms with Crippen molar-refractivity contribution in [2.45, 2.75) is 0 Å². The van der Waals surface area contributed by atoms with E-state index in [0.29, 0.717) is 16.2 Å². The van der Waals surface area contributed by atoms with Gasteiger partial charge in [-0.2, -0.15) is 0 Å². The summed E-state index contributed by atoms with van der Waals surface area (Å²) in [6, 6.07) is 0. The van der Waals surface area contributed by atoms with Crippen LogP contribution in [-0.2, 0) is 24.9 Å². The van der Waals surface area contributed by atoms with Crippen molar-refractivity contribution in [2.75, 3.05) is 0 Å². The van der Waals surface area contributed by atoms with Crippen LogP contribution >= 0.6 is 0 Å². The van der Waals surface area contributed by atoms with E-state index in [1.165, 1.54) is 0 Å². The van der Waals surface area contributed by atoms with Gasteiger partial charge in [0.1, 0.15) is 0 Å². The van der Waals surface area contributed by atoms with Gasteiger partial charge in [0.2, 0.25) is 0 Å². The summed E-state index contributed by atoms with van der Waals surface area (Å²) >= 11 is 0.611. The fraction of sp³-hybridized carbons (Fsp3) is 0. The molecule has 0 aliphatic carbocycles. The van der Waals surface area contributed by atoms with Crippen LogP contribution in [0.5, 0.6) is 0 Å². The molecular weight excluding hydrogens is 146 g/mol. The predicted octanol–water partition coefficient (Wildman–Crippen LogP) is -3.65. The van der Waals surface area contributed by atoms with Crippen molar-refractivity contribution >= 4 is 16.2 Å². The summed E-state index contributed by atoms with van der Waals surface area (Å²) in [6.45, 7) is 0. The first-order chi connectivity index (χ1) is 1.00. The van der Waals surface area contributed by atoms with Gasteiger partial charge in [0.05, 0.1) is 0 Å². The molecule has 0 fully saturated rings. The molecule has 0 aliphatic rings. The second kappa shape index (κ2) is 23.1. The maximum absolute atomic E-state index is 8.28. The van der Waals surface area contributed by atoms with E-state index in [-0.39, 0.29) is 41.4 Å². The van der Waals surface area contributed by atoms with E-state index in [4.69, 9.17) is 3.80 Å². The van der Waals surface area contributed by atoms with Crippen molar-refractivity contribution in [1.29, 1.82) is 0 Å². The van der Waals surface area contributed by atoms with Crippen LogP contribution in [0, 0.1) is 0 Å². The Labute approximate surface area is 61.1 Å². The Hall–Kier alpha value is 1.62. The van der Waals surface area contributed by atoms with Crippen LogP contribution in [0.1, 0.15) is 1.43 Å². The Morgan fingerprint density at radius 3 is 1.50 bits per heavy atom. The summed E-state index contributed by atoms with van der Waals surface area (Å²) in [5, 5.41) is 0. The molecule has 4 heteroatoms. The van der Waals surface area contributed by atoms with Crippen molar-refractivity contribution in [3.8, 4) is 0 Å². The molecule has 0 bridgehead atoms. The average molecular weight is 148 g/mol. The zero-order valence-electron chi connectivity index (χ0n) is 3.52. The molecule has 0 rings (SSSR count). The molecule has 0 radical (unpaired) electrons. The van der Waals surface area contributed by atoms with Crippen LogP contribution < -0.4 is 18.9 Å². The molecule has 0 heterocycles. The summed E-state index contributed by atoms with van der Waals surface area (Å²) < 4.78 is 8.28. The zero-order chi connectivity index (χ0) is 2.00. The van der Waals surface area contributed by atoms with Gasteiger partial charge in [0, 0.05) is 21.1 Å². The van der Waals surface area contributed by atoms with Crippen molar-refractivity contribution < 1.29 is 45.2 Å². The third kappa shape index (κ3) is 9.47. The van der Waals surface area contributed by atoms with Gasteiger partial charge in [0.25, 0.3) is 0 Å². The summed E-state index contributed by atoms with van der Waals surface area (Å²) in [7, 11) is 0. The van der Waals surface area contributed by atoms with Crippen LogP contribution in [0.3, 0.4) is 0 Å². The van der Waals surface area contributed by atoms with Gasteiger partial charge in [0.15, 0.2) is 0 Å². The Kier molecular flexibility index (Phi) is 101. The molecule has 0 aliphatic heterocycles. The molecule has 0 unspecified atom stereocenters. The van der Waals surface area contributed by atoms with Crippen molar-refractivity contribution in [3.05, 3.63) is 0 Å². The van der Waals surface area contributed by atoms with Gasteiger partial charge >= 0.3 is 38.9 Å². The van der Waals surface area contributed by atoms with Crippen LogP contribution in [0.2, 0.25) is 0 Å². The van der Waals surface area contributed by atoms with Gasteiger partial charge in [-0.05, 0) is 0 Å². The van der Waals surface area contributed by atoms with Crippen LogP contribution in [0.4, 0.5) is 0 Å². The van der Waals surface area contributed by atoms with E-state index in [2.05, 4.69) is 0 Å². The fourth-order valence-electron chi connectivity index (χ4n) is 0. The second-order valence-corrected chi connectivity index (χ2v) is 0. The number of hydrogen-bond donors (Lipinski definition) is 0. The normalized spacial score (nSPS) is 0.750. The SMILES string of the molecule is [H-].[Li+].[Mo].[O]=[AlH]. The Morgan fingerprint density at radius 2 is 1.50 bits per heavy atom.